The Kier molecular flexibility index (Phi) is 12.3. The number of rotatable bonds is 10. The number of nitrogens with zero attached hydrogens (tertiary/aromatic N) is 1. The number of benzene rings is 2. The number of guanidine groups is 1. The summed E-state index contributed by atoms with van der Waals surface area (Å²) in [7, 11) is 1.73. The zero-order valence-corrected chi connectivity index (χ0v) is 19.9. The molecule has 3 N–H and O–H groups in total. The number of carbonyl (C=O) groups excluding carboxylic acids is 1. The molecule has 0 saturated heterocycles. The summed E-state index contributed by atoms with van der Waals surface area (Å²) in [5.74, 6) is 1.54. The zero-order valence-electron chi connectivity index (χ0n) is 17.6. The predicted octanol–water partition coefficient (Wildman–Crippen LogP) is 4.47. The molecule has 0 atom stereocenters. The quantitative estimate of drug-likeness (QED) is 0.186. The molecule has 7 heteroatoms. The molecule has 0 aromatic heterocycles. The lowest BCUT2D eigenvalue weighted by molar-refractivity contribution is -0.116. The van der Waals surface area contributed by atoms with E-state index in [1.807, 2.05) is 55.5 Å². The predicted molar refractivity (Wildman–Crippen MR) is 135 cm³/mol. The van der Waals surface area contributed by atoms with Gasteiger partial charge in [-0.2, -0.15) is 0 Å². The Hall–Kier alpha value is -2.55. The van der Waals surface area contributed by atoms with Gasteiger partial charge in [-0.1, -0.05) is 49.9 Å². The zero-order chi connectivity index (χ0) is 20.9. The minimum atomic E-state index is 0. The fourth-order valence-electron chi connectivity index (χ4n) is 2.73. The fourth-order valence-corrected chi connectivity index (χ4v) is 2.73. The van der Waals surface area contributed by atoms with Crippen LogP contribution in [0, 0.1) is 0 Å². The Bertz CT molecular complexity index is 839. The summed E-state index contributed by atoms with van der Waals surface area (Å²) >= 11 is 0. The van der Waals surface area contributed by atoms with Crippen molar-refractivity contribution >= 4 is 41.5 Å². The van der Waals surface area contributed by atoms with Crippen molar-refractivity contribution in [1.29, 1.82) is 0 Å². The van der Waals surface area contributed by atoms with Crippen LogP contribution in [0.5, 0.6) is 5.75 Å². The molecule has 0 radical (unpaired) electrons. The molecule has 0 heterocycles. The molecule has 162 valence electrons. The Morgan fingerprint density at radius 3 is 2.63 bits per heavy atom. The van der Waals surface area contributed by atoms with Crippen molar-refractivity contribution in [3.05, 3.63) is 72.3 Å². The van der Waals surface area contributed by atoms with Gasteiger partial charge >= 0.3 is 0 Å². The van der Waals surface area contributed by atoms with Gasteiger partial charge in [-0.25, -0.2) is 0 Å². The molecule has 0 aliphatic rings. The van der Waals surface area contributed by atoms with Crippen LogP contribution in [0.4, 0.5) is 5.69 Å². The highest BCUT2D eigenvalue weighted by Crippen LogP contribution is 2.17. The molecule has 30 heavy (non-hydrogen) atoms. The maximum absolute atomic E-state index is 11.8. The van der Waals surface area contributed by atoms with Crippen LogP contribution in [0.25, 0.3) is 0 Å². The van der Waals surface area contributed by atoms with E-state index >= 15 is 0 Å². The van der Waals surface area contributed by atoms with Crippen LogP contribution >= 0.6 is 24.0 Å². The number of nitrogens with one attached hydrogen (secondary N) is 3. The molecule has 2 aromatic carbocycles. The molecular weight excluding hydrogens is 491 g/mol. The number of ether oxygens (including phenoxy) is 1. The van der Waals surface area contributed by atoms with Gasteiger partial charge in [0.25, 0.3) is 0 Å². The van der Waals surface area contributed by atoms with Crippen LogP contribution in [0.3, 0.4) is 0 Å². The average molecular weight is 522 g/mol. The summed E-state index contributed by atoms with van der Waals surface area (Å²) in [4.78, 5) is 16.1. The summed E-state index contributed by atoms with van der Waals surface area (Å²) in [6.45, 7) is 7.31. The van der Waals surface area contributed by atoms with Gasteiger partial charge in [0.15, 0.2) is 5.96 Å². The first kappa shape index (κ1) is 25.5. The highest BCUT2D eigenvalue weighted by Gasteiger charge is 2.05. The maximum Gasteiger partial charge on any atom is 0.224 e. The number of halogens is 1. The van der Waals surface area contributed by atoms with Crippen molar-refractivity contribution < 1.29 is 9.53 Å². The number of hydrogen-bond acceptors (Lipinski definition) is 3. The van der Waals surface area contributed by atoms with Crippen LogP contribution in [0.2, 0.25) is 0 Å². The summed E-state index contributed by atoms with van der Waals surface area (Å²) in [6, 6.07) is 15.7. The van der Waals surface area contributed by atoms with Gasteiger partial charge in [0.1, 0.15) is 12.4 Å². The smallest absolute Gasteiger partial charge is 0.224 e. The van der Waals surface area contributed by atoms with Crippen LogP contribution < -0.4 is 20.7 Å². The first-order valence-corrected chi connectivity index (χ1v) is 9.81. The molecule has 0 spiro atoms. The van der Waals surface area contributed by atoms with Gasteiger partial charge in [-0.3, -0.25) is 9.79 Å². The minimum absolute atomic E-state index is 0. The Labute approximate surface area is 196 Å². The van der Waals surface area contributed by atoms with Gasteiger partial charge in [0, 0.05) is 37.8 Å². The Morgan fingerprint density at radius 1 is 1.13 bits per heavy atom. The Morgan fingerprint density at radius 2 is 1.90 bits per heavy atom. The van der Waals surface area contributed by atoms with Crippen molar-refractivity contribution in [3.8, 4) is 5.75 Å². The molecule has 6 nitrogen and oxygen atoms in total. The van der Waals surface area contributed by atoms with Crippen molar-refractivity contribution in [1.82, 2.24) is 10.6 Å². The topological polar surface area (TPSA) is 74.8 Å². The second kappa shape index (κ2) is 14.4. The summed E-state index contributed by atoms with van der Waals surface area (Å²) < 4.78 is 5.69. The van der Waals surface area contributed by atoms with Crippen molar-refractivity contribution in [2.75, 3.05) is 19.0 Å². The minimum Gasteiger partial charge on any atom is -0.489 e. The number of anilines is 1. The third-order valence-electron chi connectivity index (χ3n) is 4.15. The summed E-state index contributed by atoms with van der Waals surface area (Å²) in [5.41, 5.74) is 2.90. The van der Waals surface area contributed by atoms with Crippen LogP contribution in [-0.4, -0.2) is 25.5 Å². The molecule has 0 fully saturated rings. The standard InChI is InChI=1S/C23H30N4O2.HI/c1-4-9-22(28)27-20-12-8-10-18(15-20)16-25-23(24-3)26-17-19-11-6-7-13-21(19)29-14-5-2;/h5-8,10-13,15H,2,4,9,14,16-17H2,1,3H3,(H,27,28)(H2,24,25,26);1H. The molecule has 0 aliphatic carbocycles. The molecular formula is C23H31IN4O2. The van der Waals surface area contributed by atoms with Gasteiger partial charge in [0.05, 0.1) is 0 Å². The highest BCUT2D eigenvalue weighted by molar-refractivity contribution is 14.0. The van der Waals surface area contributed by atoms with Gasteiger partial charge < -0.3 is 20.7 Å². The van der Waals surface area contributed by atoms with E-state index in [1.54, 1.807) is 13.1 Å². The second-order valence-electron chi connectivity index (χ2n) is 6.49. The SMILES string of the molecule is C=CCOc1ccccc1CNC(=NC)NCc1cccc(NC(=O)CCC)c1.I. The van der Waals surface area contributed by atoms with Crippen molar-refractivity contribution in [2.24, 2.45) is 4.99 Å². The van der Waals surface area contributed by atoms with E-state index in [4.69, 9.17) is 4.74 Å². The van der Waals surface area contributed by atoms with E-state index in [0.717, 1.165) is 29.0 Å². The normalized spacial score (nSPS) is 10.5. The molecule has 0 aliphatic heterocycles. The van der Waals surface area contributed by atoms with Gasteiger partial charge in [-0.05, 0) is 30.2 Å². The molecule has 2 aromatic rings. The third kappa shape index (κ3) is 8.86. The van der Waals surface area contributed by atoms with Crippen LogP contribution in [0.1, 0.15) is 30.9 Å². The van der Waals surface area contributed by atoms with E-state index in [2.05, 4.69) is 27.5 Å². The van der Waals surface area contributed by atoms with Crippen molar-refractivity contribution in [3.63, 3.8) is 0 Å². The van der Waals surface area contributed by atoms with E-state index in [9.17, 15) is 4.79 Å². The molecule has 0 saturated carbocycles. The largest absolute Gasteiger partial charge is 0.489 e. The monoisotopic (exact) mass is 522 g/mol. The van der Waals surface area contributed by atoms with Crippen LogP contribution in [0.15, 0.2) is 66.2 Å². The van der Waals surface area contributed by atoms with Crippen molar-refractivity contribution in [2.45, 2.75) is 32.9 Å². The Balaban J connectivity index is 0.00000450. The average Bonchev–Trinajstić information content (AvgIpc) is 2.73. The van der Waals surface area contributed by atoms with E-state index in [1.165, 1.54) is 0 Å². The second-order valence-corrected chi connectivity index (χ2v) is 6.49. The number of para-hydroxylation sites is 1. The van der Waals surface area contributed by atoms with E-state index in [0.29, 0.717) is 32.1 Å². The van der Waals surface area contributed by atoms with E-state index in [-0.39, 0.29) is 29.9 Å². The first-order valence-electron chi connectivity index (χ1n) is 9.81. The van der Waals surface area contributed by atoms with E-state index < -0.39 is 0 Å². The van der Waals surface area contributed by atoms with Gasteiger partial charge in [0.2, 0.25) is 5.91 Å². The number of aliphatic imine (C=N–C) groups is 1. The molecule has 1 amide bonds. The lowest BCUT2D eigenvalue weighted by atomic mass is 10.2. The number of amides is 1. The maximum atomic E-state index is 11.8. The first-order chi connectivity index (χ1) is 14.2. The van der Waals surface area contributed by atoms with Crippen LogP contribution in [-0.2, 0) is 17.9 Å². The third-order valence-corrected chi connectivity index (χ3v) is 4.15. The fraction of sp³-hybridized carbons (Fsp3) is 0.304. The number of carbonyl (C=O) groups is 1. The molecule has 0 unspecified atom stereocenters. The summed E-state index contributed by atoms with van der Waals surface area (Å²) in [5, 5.41) is 9.51. The molecule has 2 rings (SSSR count). The molecule has 0 bridgehead atoms. The highest BCUT2D eigenvalue weighted by atomic mass is 127. The van der Waals surface area contributed by atoms with Gasteiger partial charge in [-0.15, -0.1) is 24.0 Å². The lowest BCUT2D eigenvalue weighted by Crippen LogP contribution is -2.36. The number of hydrogen-bond donors (Lipinski definition) is 3. The summed E-state index contributed by atoms with van der Waals surface area (Å²) in [6.07, 6.45) is 3.08. The lowest BCUT2D eigenvalue weighted by Gasteiger charge is -2.15.